The molecule has 1 rings (SSSR count). The van der Waals surface area contributed by atoms with Gasteiger partial charge in [0.2, 0.25) is 0 Å². The minimum Gasteiger partial charge on any atom is -0.356 e. The predicted molar refractivity (Wildman–Crippen MR) is 44.3 cm³/mol. The first kappa shape index (κ1) is 9.01. The summed E-state index contributed by atoms with van der Waals surface area (Å²) in [6.07, 6.45) is 2.31. The fourth-order valence-corrected chi connectivity index (χ4v) is 1.55. The zero-order chi connectivity index (χ0) is 8.27. The summed E-state index contributed by atoms with van der Waals surface area (Å²) < 4.78 is 10.5. The Kier molecular flexibility index (Phi) is 3.34. The summed E-state index contributed by atoms with van der Waals surface area (Å²) in [6, 6.07) is 0. The third-order valence-electron chi connectivity index (χ3n) is 2.49. The van der Waals surface area contributed by atoms with Crippen molar-refractivity contribution in [1.82, 2.24) is 0 Å². The topological polar surface area (TPSA) is 18.5 Å². The van der Waals surface area contributed by atoms with E-state index in [2.05, 4.69) is 13.8 Å². The monoisotopic (exact) mass is 158 g/mol. The van der Waals surface area contributed by atoms with Crippen LogP contribution in [0.3, 0.4) is 0 Å². The van der Waals surface area contributed by atoms with E-state index in [9.17, 15) is 0 Å². The van der Waals surface area contributed by atoms with Crippen molar-refractivity contribution in [2.24, 2.45) is 11.8 Å². The maximum Gasteiger partial charge on any atom is 0.157 e. The quantitative estimate of drug-likeness (QED) is 0.612. The van der Waals surface area contributed by atoms with Crippen LogP contribution in [0.2, 0.25) is 0 Å². The lowest BCUT2D eigenvalue weighted by atomic mass is 9.88. The van der Waals surface area contributed by atoms with Crippen LogP contribution in [0, 0.1) is 11.8 Å². The molecule has 1 saturated heterocycles. The van der Waals surface area contributed by atoms with Gasteiger partial charge in [0.15, 0.2) is 6.29 Å². The lowest BCUT2D eigenvalue weighted by molar-refractivity contribution is -0.162. The van der Waals surface area contributed by atoms with Gasteiger partial charge in [0.25, 0.3) is 0 Å². The van der Waals surface area contributed by atoms with Crippen molar-refractivity contribution in [2.75, 3.05) is 13.7 Å². The first-order valence-corrected chi connectivity index (χ1v) is 4.38. The van der Waals surface area contributed by atoms with E-state index in [-0.39, 0.29) is 6.29 Å². The highest BCUT2D eigenvalue weighted by Crippen LogP contribution is 2.26. The third kappa shape index (κ3) is 2.46. The van der Waals surface area contributed by atoms with Crippen LogP contribution >= 0.6 is 0 Å². The molecule has 0 aromatic carbocycles. The normalized spacial score (nSPS) is 32.7. The van der Waals surface area contributed by atoms with Gasteiger partial charge in [-0.25, -0.2) is 0 Å². The molecule has 0 spiro atoms. The van der Waals surface area contributed by atoms with E-state index in [1.165, 1.54) is 6.42 Å². The Labute approximate surface area is 68.9 Å². The van der Waals surface area contributed by atoms with Crippen LogP contribution in [0.5, 0.6) is 0 Å². The summed E-state index contributed by atoms with van der Waals surface area (Å²) in [5, 5.41) is 0. The lowest BCUT2D eigenvalue weighted by Crippen LogP contribution is -2.29. The molecule has 0 aliphatic carbocycles. The number of ether oxygens (including phenoxy) is 2. The average molecular weight is 158 g/mol. The molecule has 2 nitrogen and oxygen atoms in total. The highest BCUT2D eigenvalue weighted by Gasteiger charge is 2.23. The molecule has 0 saturated carbocycles. The number of hydrogen-bond donors (Lipinski definition) is 0. The lowest BCUT2D eigenvalue weighted by Gasteiger charge is -2.30. The summed E-state index contributed by atoms with van der Waals surface area (Å²) in [5.74, 6) is 1.55. The van der Waals surface area contributed by atoms with E-state index >= 15 is 0 Å². The first-order valence-electron chi connectivity index (χ1n) is 4.38. The first-order chi connectivity index (χ1) is 5.24. The van der Waals surface area contributed by atoms with Crippen molar-refractivity contribution >= 4 is 0 Å². The van der Waals surface area contributed by atoms with Gasteiger partial charge in [-0.05, 0) is 18.3 Å². The fourth-order valence-electron chi connectivity index (χ4n) is 1.55. The predicted octanol–water partition coefficient (Wildman–Crippen LogP) is 2.04. The number of hydrogen-bond acceptors (Lipinski definition) is 2. The van der Waals surface area contributed by atoms with Crippen molar-refractivity contribution in [3.05, 3.63) is 0 Å². The highest BCUT2D eigenvalue weighted by molar-refractivity contribution is 4.68. The van der Waals surface area contributed by atoms with E-state index in [4.69, 9.17) is 9.47 Å². The van der Waals surface area contributed by atoms with Gasteiger partial charge in [0, 0.05) is 13.5 Å². The van der Waals surface area contributed by atoms with E-state index in [1.54, 1.807) is 7.11 Å². The minimum absolute atomic E-state index is 0.0520. The van der Waals surface area contributed by atoms with Gasteiger partial charge >= 0.3 is 0 Å². The third-order valence-corrected chi connectivity index (χ3v) is 2.49. The van der Waals surface area contributed by atoms with Crippen LogP contribution in [0.1, 0.15) is 26.7 Å². The van der Waals surface area contributed by atoms with Gasteiger partial charge in [0.1, 0.15) is 0 Å². The second-order valence-electron chi connectivity index (χ2n) is 3.56. The Morgan fingerprint density at radius 2 is 2.18 bits per heavy atom. The van der Waals surface area contributed by atoms with E-state index in [1.807, 2.05) is 0 Å². The van der Waals surface area contributed by atoms with Crippen LogP contribution in [-0.4, -0.2) is 20.0 Å². The molecule has 0 aromatic rings. The van der Waals surface area contributed by atoms with Gasteiger partial charge < -0.3 is 9.47 Å². The Bertz CT molecular complexity index is 112. The molecule has 0 aromatic heterocycles. The number of rotatable bonds is 2. The van der Waals surface area contributed by atoms with Gasteiger partial charge in [-0.15, -0.1) is 0 Å². The summed E-state index contributed by atoms with van der Waals surface area (Å²) in [7, 11) is 1.72. The molecule has 66 valence electrons. The fraction of sp³-hybridized carbons (Fsp3) is 1.00. The average Bonchev–Trinajstić information content (AvgIpc) is 2.05. The molecule has 1 fully saturated rings. The Morgan fingerprint density at radius 1 is 1.45 bits per heavy atom. The van der Waals surface area contributed by atoms with Crippen LogP contribution in [0.4, 0.5) is 0 Å². The van der Waals surface area contributed by atoms with Crippen molar-refractivity contribution in [2.45, 2.75) is 33.0 Å². The van der Waals surface area contributed by atoms with Crippen LogP contribution < -0.4 is 0 Å². The van der Waals surface area contributed by atoms with Crippen LogP contribution in [0.15, 0.2) is 0 Å². The molecule has 2 heteroatoms. The van der Waals surface area contributed by atoms with Crippen molar-refractivity contribution in [1.29, 1.82) is 0 Å². The molecule has 0 radical (unpaired) electrons. The Morgan fingerprint density at radius 3 is 2.73 bits per heavy atom. The van der Waals surface area contributed by atoms with Crippen LogP contribution in [0.25, 0.3) is 0 Å². The molecular weight excluding hydrogens is 140 g/mol. The molecule has 0 N–H and O–H groups in total. The van der Waals surface area contributed by atoms with Gasteiger partial charge in [-0.3, -0.25) is 0 Å². The molecule has 0 bridgehead atoms. The summed E-state index contributed by atoms with van der Waals surface area (Å²) in [5.41, 5.74) is 0. The van der Waals surface area contributed by atoms with Crippen molar-refractivity contribution in [3.8, 4) is 0 Å². The van der Waals surface area contributed by atoms with E-state index in [0.29, 0.717) is 0 Å². The van der Waals surface area contributed by atoms with Crippen molar-refractivity contribution in [3.63, 3.8) is 0 Å². The van der Waals surface area contributed by atoms with Crippen molar-refractivity contribution < 1.29 is 9.47 Å². The maximum absolute atomic E-state index is 5.39. The Balaban J connectivity index is 2.33. The van der Waals surface area contributed by atoms with Gasteiger partial charge in [-0.2, -0.15) is 0 Å². The summed E-state index contributed by atoms with van der Waals surface area (Å²) >= 11 is 0. The maximum atomic E-state index is 5.39. The molecule has 11 heavy (non-hydrogen) atoms. The van der Waals surface area contributed by atoms with Gasteiger partial charge in [0.05, 0.1) is 6.61 Å². The summed E-state index contributed by atoms with van der Waals surface area (Å²) in [6.45, 7) is 5.40. The second kappa shape index (κ2) is 4.07. The molecule has 1 aliphatic rings. The zero-order valence-corrected chi connectivity index (χ0v) is 7.67. The minimum atomic E-state index is 0.0520. The Hall–Kier alpha value is -0.0800. The molecule has 1 heterocycles. The van der Waals surface area contributed by atoms with E-state index in [0.717, 1.165) is 24.9 Å². The molecular formula is C9H18O2. The number of methoxy groups -OCH3 is 1. The zero-order valence-electron chi connectivity index (χ0n) is 7.67. The smallest absolute Gasteiger partial charge is 0.157 e. The van der Waals surface area contributed by atoms with E-state index < -0.39 is 0 Å². The summed E-state index contributed by atoms with van der Waals surface area (Å²) in [4.78, 5) is 0. The second-order valence-corrected chi connectivity index (χ2v) is 3.56. The van der Waals surface area contributed by atoms with Gasteiger partial charge in [-0.1, -0.05) is 13.8 Å². The molecule has 1 aliphatic heterocycles. The SMILES string of the molecule is COC1CC(C(C)C)CCO1. The molecule has 2 atom stereocenters. The van der Waals surface area contributed by atoms with Crippen LogP contribution in [-0.2, 0) is 9.47 Å². The highest BCUT2D eigenvalue weighted by atomic mass is 16.7. The standard InChI is InChI=1S/C9H18O2/c1-7(2)8-4-5-11-9(6-8)10-3/h7-9H,4-6H2,1-3H3. The molecule has 0 amide bonds. The molecule has 2 unspecified atom stereocenters. The largest absolute Gasteiger partial charge is 0.356 e.